The summed E-state index contributed by atoms with van der Waals surface area (Å²) in [5.41, 5.74) is -1.09. The SMILES string of the molecule is CC(C)(C)OC(=O)NCCC(=O)Nc1cc(COC(=O)Oc2ccc([N+](=O)[O-])cc2)ccc1OC(=O)C(C)(C)C. The molecule has 13 nitrogen and oxygen atoms in total. The minimum absolute atomic E-state index is 0.00482. The molecule has 2 amide bonds. The molecule has 2 aromatic carbocycles. The van der Waals surface area contributed by atoms with Gasteiger partial charge in [0.15, 0.2) is 5.75 Å². The summed E-state index contributed by atoms with van der Waals surface area (Å²) in [5, 5.41) is 15.9. The van der Waals surface area contributed by atoms with E-state index in [-0.39, 0.29) is 42.4 Å². The van der Waals surface area contributed by atoms with Crippen molar-refractivity contribution in [1.29, 1.82) is 0 Å². The number of non-ortho nitro benzene ring substituents is 1. The standard InChI is InChI=1S/C27H33N3O10/c1-26(2,3)23(32)39-21-12-7-17(16-37-25(34)38-19-10-8-18(9-11-19)30(35)36)15-20(21)29-22(31)13-14-28-24(33)40-27(4,5)6/h7-12,15H,13-14,16H2,1-6H3,(H,28,33)(H,29,31). The third kappa shape index (κ3) is 11.0. The fraction of sp³-hybridized carbons (Fsp3) is 0.407. The highest BCUT2D eigenvalue weighted by Crippen LogP contribution is 2.29. The first-order chi connectivity index (χ1) is 18.5. The highest BCUT2D eigenvalue weighted by atomic mass is 16.7. The lowest BCUT2D eigenvalue weighted by Crippen LogP contribution is -2.34. The van der Waals surface area contributed by atoms with Crippen molar-refractivity contribution in [2.75, 3.05) is 11.9 Å². The molecule has 0 spiro atoms. The number of alkyl carbamates (subject to hydrolysis) is 1. The van der Waals surface area contributed by atoms with E-state index in [9.17, 15) is 29.3 Å². The van der Waals surface area contributed by atoms with E-state index in [0.29, 0.717) is 5.56 Å². The van der Waals surface area contributed by atoms with Crippen LogP contribution >= 0.6 is 0 Å². The van der Waals surface area contributed by atoms with Gasteiger partial charge < -0.3 is 29.6 Å². The fourth-order valence-corrected chi connectivity index (χ4v) is 2.82. The number of nitrogens with zero attached hydrogens (tertiary/aromatic N) is 1. The Balaban J connectivity index is 2.06. The van der Waals surface area contributed by atoms with E-state index in [4.69, 9.17) is 18.9 Å². The smallest absolute Gasteiger partial charge is 0.444 e. The Morgan fingerprint density at radius 1 is 0.925 bits per heavy atom. The van der Waals surface area contributed by atoms with Gasteiger partial charge in [-0.25, -0.2) is 9.59 Å². The first kappa shape index (κ1) is 31.5. The molecule has 2 rings (SSSR count). The summed E-state index contributed by atoms with van der Waals surface area (Å²) in [4.78, 5) is 59.1. The summed E-state index contributed by atoms with van der Waals surface area (Å²) in [7, 11) is 0. The maximum absolute atomic E-state index is 12.6. The second-order valence-corrected chi connectivity index (χ2v) is 10.6. The lowest BCUT2D eigenvalue weighted by atomic mass is 9.97. The van der Waals surface area contributed by atoms with Crippen LogP contribution in [0.15, 0.2) is 42.5 Å². The van der Waals surface area contributed by atoms with Crippen LogP contribution in [0.4, 0.5) is 21.0 Å². The molecule has 0 fully saturated rings. The first-order valence-corrected chi connectivity index (χ1v) is 12.2. The Kier molecular flexibility index (Phi) is 10.6. The number of hydrogen-bond donors (Lipinski definition) is 2. The van der Waals surface area contributed by atoms with E-state index in [1.54, 1.807) is 41.5 Å². The number of nitrogens with one attached hydrogen (secondary N) is 2. The fourth-order valence-electron chi connectivity index (χ4n) is 2.82. The van der Waals surface area contributed by atoms with Crippen LogP contribution in [0.25, 0.3) is 0 Å². The second kappa shape index (κ2) is 13.4. The van der Waals surface area contributed by atoms with Crippen LogP contribution in [0.2, 0.25) is 0 Å². The molecule has 0 aliphatic carbocycles. The zero-order chi connectivity index (χ0) is 30.1. The molecule has 0 unspecified atom stereocenters. The van der Waals surface area contributed by atoms with Gasteiger partial charge in [-0.3, -0.25) is 19.7 Å². The highest BCUT2D eigenvalue weighted by molar-refractivity contribution is 5.93. The average molecular weight is 560 g/mol. The van der Waals surface area contributed by atoms with Crippen LogP contribution in [0.5, 0.6) is 11.5 Å². The molecule has 0 saturated heterocycles. The molecule has 40 heavy (non-hydrogen) atoms. The number of rotatable bonds is 9. The molecular formula is C27H33N3O10. The average Bonchev–Trinajstić information content (AvgIpc) is 2.82. The van der Waals surface area contributed by atoms with E-state index < -0.39 is 40.1 Å². The van der Waals surface area contributed by atoms with Gasteiger partial charge in [0.05, 0.1) is 16.0 Å². The molecule has 0 aromatic heterocycles. The lowest BCUT2D eigenvalue weighted by Gasteiger charge is -2.20. The predicted molar refractivity (Wildman–Crippen MR) is 143 cm³/mol. The molecule has 0 heterocycles. The van der Waals surface area contributed by atoms with Crippen molar-refractivity contribution in [1.82, 2.24) is 5.32 Å². The number of ether oxygens (including phenoxy) is 4. The predicted octanol–water partition coefficient (Wildman–Crippen LogP) is 5.12. The molecule has 0 bridgehead atoms. The normalized spacial score (nSPS) is 11.2. The number of carbonyl (C=O) groups is 4. The quantitative estimate of drug-likeness (QED) is 0.138. The summed E-state index contributed by atoms with van der Waals surface area (Å²) >= 11 is 0. The van der Waals surface area contributed by atoms with E-state index in [2.05, 4.69) is 10.6 Å². The number of esters is 1. The summed E-state index contributed by atoms with van der Waals surface area (Å²) in [5.74, 6) is -0.899. The zero-order valence-corrected chi connectivity index (χ0v) is 23.2. The minimum atomic E-state index is -1.06. The van der Waals surface area contributed by atoms with Gasteiger partial charge in [0.1, 0.15) is 18.0 Å². The van der Waals surface area contributed by atoms with Crippen molar-refractivity contribution in [3.63, 3.8) is 0 Å². The van der Waals surface area contributed by atoms with Gasteiger partial charge in [0, 0.05) is 25.1 Å². The van der Waals surface area contributed by atoms with Gasteiger partial charge in [0.2, 0.25) is 5.91 Å². The van der Waals surface area contributed by atoms with Gasteiger partial charge >= 0.3 is 18.2 Å². The minimum Gasteiger partial charge on any atom is -0.444 e. The summed E-state index contributed by atoms with van der Waals surface area (Å²) < 4.78 is 20.7. The van der Waals surface area contributed by atoms with Crippen molar-refractivity contribution in [3.8, 4) is 11.5 Å². The van der Waals surface area contributed by atoms with Gasteiger partial charge in [0.25, 0.3) is 5.69 Å². The van der Waals surface area contributed by atoms with Gasteiger partial charge in [-0.05, 0) is 71.4 Å². The maximum Gasteiger partial charge on any atom is 0.514 e. The summed E-state index contributed by atoms with van der Waals surface area (Å²) in [6.45, 7) is 9.90. The van der Waals surface area contributed by atoms with Gasteiger partial charge in [-0.15, -0.1) is 0 Å². The molecule has 0 saturated carbocycles. The lowest BCUT2D eigenvalue weighted by molar-refractivity contribution is -0.384. The number of carbonyl (C=O) groups excluding carboxylic acids is 4. The number of benzene rings is 2. The Morgan fingerprint density at radius 2 is 1.57 bits per heavy atom. The zero-order valence-electron chi connectivity index (χ0n) is 23.2. The van der Waals surface area contributed by atoms with Crippen LogP contribution in [-0.4, -0.2) is 41.2 Å². The third-order valence-electron chi connectivity index (χ3n) is 4.76. The van der Waals surface area contributed by atoms with E-state index in [1.807, 2.05) is 0 Å². The van der Waals surface area contributed by atoms with Crippen LogP contribution in [0.3, 0.4) is 0 Å². The van der Waals surface area contributed by atoms with Crippen molar-refractivity contribution in [3.05, 3.63) is 58.1 Å². The molecule has 2 N–H and O–H groups in total. The van der Waals surface area contributed by atoms with Gasteiger partial charge in [-0.1, -0.05) is 6.07 Å². The van der Waals surface area contributed by atoms with Crippen molar-refractivity contribution in [2.24, 2.45) is 5.41 Å². The molecular weight excluding hydrogens is 526 g/mol. The molecule has 0 aliphatic rings. The molecule has 216 valence electrons. The van der Waals surface area contributed by atoms with Crippen molar-refractivity contribution < 1.29 is 43.0 Å². The Labute approximate surface area is 231 Å². The number of amides is 2. The highest BCUT2D eigenvalue weighted by Gasteiger charge is 2.25. The Bertz CT molecular complexity index is 1240. The Hall–Kier alpha value is -4.68. The maximum atomic E-state index is 12.6. The third-order valence-corrected chi connectivity index (χ3v) is 4.76. The molecule has 0 aliphatic heterocycles. The number of anilines is 1. The van der Waals surface area contributed by atoms with Crippen molar-refractivity contribution >= 4 is 35.5 Å². The largest absolute Gasteiger partial charge is 0.514 e. The molecule has 13 heteroatoms. The number of nitro benzene ring substituents is 1. The van der Waals surface area contributed by atoms with E-state index >= 15 is 0 Å². The first-order valence-electron chi connectivity index (χ1n) is 12.2. The van der Waals surface area contributed by atoms with Gasteiger partial charge in [-0.2, -0.15) is 0 Å². The molecule has 0 atom stereocenters. The van der Waals surface area contributed by atoms with E-state index in [0.717, 1.165) is 0 Å². The van der Waals surface area contributed by atoms with Crippen molar-refractivity contribution in [2.45, 2.75) is 60.2 Å². The summed E-state index contributed by atoms with van der Waals surface area (Å²) in [6, 6.07) is 9.30. The molecule has 0 radical (unpaired) electrons. The van der Waals surface area contributed by atoms with E-state index in [1.165, 1.54) is 42.5 Å². The topological polar surface area (TPSA) is 172 Å². The second-order valence-electron chi connectivity index (χ2n) is 10.6. The Morgan fingerprint density at radius 3 is 2.15 bits per heavy atom. The summed E-state index contributed by atoms with van der Waals surface area (Å²) in [6.07, 6.45) is -1.83. The monoisotopic (exact) mass is 559 g/mol. The molecule has 2 aromatic rings. The van der Waals surface area contributed by atoms with Crippen LogP contribution in [0, 0.1) is 15.5 Å². The van der Waals surface area contributed by atoms with Crippen LogP contribution in [0.1, 0.15) is 53.5 Å². The number of hydrogen-bond acceptors (Lipinski definition) is 10. The number of nitro groups is 1. The van der Waals surface area contributed by atoms with Crippen LogP contribution in [-0.2, 0) is 25.7 Å². The van der Waals surface area contributed by atoms with Crippen LogP contribution < -0.4 is 20.1 Å².